The van der Waals surface area contributed by atoms with Crippen molar-refractivity contribution in [1.29, 1.82) is 0 Å². The molecule has 0 saturated heterocycles. The summed E-state index contributed by atoms with van der Waals surface area (Å²) in [6, 6.07) is -1.34. The Kier molecular flexibility index (Phi) is 5.37. The molecule has 0 aromatic heterocycles. The van der Waals surface area contributed by atoms with E-state index in [4.69, 9.17) is 0 Å². The Morgan fingerprint density at radius 1 is 1.23 bits per heavy atom. The average Bonchev–Trinajstić information content (AvgIpc) is 1.95. The zero-order valence-electron chi connectivity index (χ0n) is 8.41. The van der Waals surface area contributed by atoms with Crippen molar-refractivity contribution >= 4 is 0 Å². The summed E-state index contributed by atoms with van der Waals surface area (Å²) < 4.78 is 37.0. The summed E-state index contributed by atoms with van der Waals surface area (Å²) in [7, 11) is 0. The van der Waals surface area contributed by atoms with Crippen LogP contribution in [0.15, 0.2) is 0 Å². The minimum atomic E-state index is -4.11. The van der Waals surface area contributed by atoms with Crippen LogP contribution in [0.25, 0.3) is 0 Å². The number of hydrogen-bond donors (Lipinski definition) is 1. The second-order valence-corrected chi connectivity index (χ2v) is 3.68. The van der Waals surface area contributed by atoms with Gasteiger partial charge in [0.25, 0.3) is 0 Å². The molecule has 0 saturated carbocycles. The number of alkyl halides is 3. The lowest BCUT2D eigenvalue weighted by atomic mass is 10.0. The molecule has 80 valence electrons. The Hall–Kier alpha value is -0.250. The largest absolute Gasteiger partial charge is 0.403 e. The van der Waals surface area contributed by atoms with Gasteiger partial charge < -0.3 is 5.32 Å². The van der Waals surface area contributed by atoms with Crippen LogP contribution in [0.3, 0.4) is 0 Å². The Labute approximate surface area is 77.7 Å². The quantitative estimate of drug-likeness (QED) is 0.714. The van der Waals surface area contributed by atoms with Crippen molar-refractivity contribution in [2.45, 2.75) is 45.8 Å². The van der Waals surface area contributed by atoms with Crippen molar-refractivity contribution in [1.82, 2.24) is 5.32 Å². The highest BCUT2D eigenvalue weighted by molar-refractivity contribution is 4.75. The molecule has 0 radical (unpaired) electrons. The summed E-state index contributed by atoms with van der Waals surface area (Å²) in [6.45, 7) is 5.88. The van der Waals surface area contributed by atoms with Crippen LogP contribution in [0.4, 0.5) is 13.2 Å². The normalized spacial score (nSPS) is 15.0. The van der Waals surface area contributed by atoms with Gasteiger partial charge in [-0.1, -0.05) is 20.8 Å². The maximum absolute atomic E-state index is 12.3. The Morgan fingerprint density at radius 3 is 2.08 bits per heavy atom. The Morgan fingerprint density at radius 2 is 1.77 bits per heavy atom. The minimum Gasteiger partial charge on any atom is -0.306 e. The number of hydrogen-bond acceptors (Lipinski definition) is 1. The molecule has 0 aliphatic heterocycles. The van der Waals surface area contributed by atoms with Crippen LogP contribution >= 0.6 is 0 Å². The molecule has 0 rings (SSSR count). The zero-order valence-corrected chi connectivity index (χ0v) is 8.41. The van der Waals surface area contributed by atoms with E-state index in [-0.39, 0.29) is 12.3 Å². The van der Waals surface area contributed by atoms with Gasteiger partial charge in [0, 0.05) is 0 Å². The lowest BCUT2D eigenvalue weighted by molar-refractivity contribution is -0.159. The van der Waals surface area contributed by atoms with E-state index >= 15 is 0 Å². The SMILES string of the molecule is CCCNC(CC(C)C)C(F)(F)F. The van der Waals surface area contributed by atoms with Gasteiger partial charge >= 0.3 is 6.18 Å². The van der Waals surface area contributed by atoms with Crippen LogP contribution in [0.1, 0.15) is 33.6 Å². The van der Waals surface area contributed by atoms with Crippen LogP contribution in [-0.4, -0.2) is 18.8 Å². The predicted molar refractivity (Wildman–Crippen MR) is 47.6 cm³/mol. The molecule has 0 aliphatic rings. The van der Waals surface area contributed by atoms with Crippen LogP contribution < -0.4 is 5.32 Å². The molecule has 1 unspecified atom stereocenters. The number of rotatable bonds is 5. The molecule has 0 spiro atoms. The van der Waals surface area contributed by atoms with E-state index in [2.05, 4.69) is 5.32 Å². The van der Waals surface area contributed by atoms with Crippen LogP contribution in [0, 0.1) is 5.92 Å². The number of halogens is 3. The van der Waals surface area contributed by atoms with E-state index in [1.54, 1.807) is 13.8 Å². The first-order chi connectivity index (χ1) is 5.88. The smallest absolute Gasteiger partial charge is 0.306 e. The summed E-state index contributed by atoms with van der Waals surface area (Å²) in [4.78, 5) is 0. The van der Waals surface area contributed by atoms with E-state index in [9.17, 15) is 13.2 Å². The summed E-state index contributed by atoms with van der Waals surface area (Å²) >= 11 is 0. The summed E-state index contributed by atoms with van der Waals surface area (Å²) in [5.41, 5.74) is 0. The molecule has 0 bridgehead atoms. The maximum Gasteiger partial charge on any atom is 0.403 e. The fourth-order valence-electron chi connectivity index (χ4n) is 1.12. The van der Waals surface area contributed by atoms with Crippen molar-refractivity contribution in [3.8, 4) is 0 Å². The van der Waals surface area contributed by atoms with Crippen LogP contribution in [-0.2, 0) is 0 Å². The van der Waals surface area contributed by atoms with Gasteiger partial charge in [-0.25, -0.2) is 0 Å². The molecular weight excluding hydrogens is 179 g/mol. The lowest BCUT2D eigenvalue weighted by Gasteiger charge is -2.22. The fourth-order valence-corrected chi connectivity index (χ4v) is 1.12. The van der Waals surface area contributed by atoms with E-state index < -0.39 is 12.2 Å². The standard InChI is InChI=1S/C9H18F3N/c1-4-5-13-8(6-7(2)3)9(10,11)12/h7-8,13H,4-6H2,1-3H3. The Bertz CT molecular complexity index is 131. The minimum absolute atomic E-state index is 0.0657. The van der Waals surface area contributed by atoms with E-state index in [0.717, 1.165) is 6.42 Å². The molecule has 0 aromatic rings. The zero-order chi connectivity index (χ0) is 10.5. The van der Waals surface area contributed by atoms with E-state index in [1.807, 2.05) is 6.92 Å². The monoisotopic (exact) mass is 197 g/mol. The molecule has 1 nitrogen and oxygen atoms in total. The highest BCUT2D eigenvalue weighted by atomic mass is 19.4. The van der Waals surface area contributed by atoms with Gasteiger partial charge in [0.05, 0.1) is 0 Å². The molecular formula is C9H18F3N. The molecule has 0 aromatic carbocycles. The first-order valence-corrected chi connectivity index (χ1v) is 4.68. The average molecular weight is 197 g/mol. The summed E-state index contributed by atoms with van der Waals surface area (Å²) in [5, 5.41) is 2.52. The fraction of sp³-hybridized carbons (Fsp3) is 1.00. The lowest BCUT2D eigenvalue weighted by Crippen LogP contribution is -2.43. The van der Waals surface area contributed by atoms with Crippen molar-refractivity contribution < 1.29 is 13.2 Å². The molecule has 0 amide bonds. The summed E-state index contributed by atoms with van der Waals surface area (Å²) in [5.74, 6) is 0.0657. The van der Waals surface area contributed by atoms with Gasteiger partial charge in [-0.3, -0.25) is 0 Å². The third-order valence-electron chi connectivity index (χ3n) is 1.74. The van der Waals surface area contributed by atoms with E-state index in [0.29, 0.717) is 6.54 Å². The highest BCUT2D eigenvalue weighted by Gasteiger charge is 2.38. The predicted octanol–water partition coefficient (Wildman–Crippen LogP) is 2.96. The van der Waals surface area contributed by atoms with Crippen LogP contribution in [0.2, 0.25) is 0 Å². The second kappa shape index (κ2) is 5.47. The van der Waals surface area contributed by atoms with Gasteiger partial charge in [0.2, 0.25) is 0 Å². The third kappa shape index (κ3) is 5.91. The van der Waals surface area contributed by atoms with Gasteiger partial charge in [0.1, 0.15) is 6.04 Å². The third-order valence-corrected chi connectivity index (χ3v) is 1.74. The van der Waals surface area contributed by atoms with Gasteiger partial charge in [-0.2, -0.15) is 13.2 Å². The molecule has 4 heteroatoms. The molecule has 0 fully saturated rings. The molecule has 0 aliphatic carbocycles. The number of nitrogens with one attached hydrogen (secondary N) is 1. The van der Waals surface area contributed by atoms with Gasteiger partial charge in [-0.05, 0) is 25.3 Å². The molecule has 1 atom stereocenters. The molecule has 0 heterocycles. The van der Waals surface area contributed by atoms with E-state index in [1.165, 1.54) is 0 Å². The first-order valence-electron chi connectivity index (χ1n) is 4.68. The van der Waals surface area contributed by atoms with Crippen molar-refractivity contribution in [2.24, 2.45) is 5.92 Å². The van der Waals surface area contributed by atoms with Crippen molar-refractivity contribution in [2.75, 3.05) is 6.54 Å². The Balaban J connectivity index is 4.03. The van der Waals surface area contributed by atoms with Crippen molar-refractivity contribution in [3.63, 3.8) is 0 Å². The van der Waals surface area contributed by atoms with Gasteiger partial charge in [-0.15, -0.1) is 0 Å². The van der Waals surface area contributed by atoms with Crippen molar-refractivity contribution in [3.05, 3.63) is 0 Å². The van der Waals surface area contributed by atoms with Gasteiger partial charge in [0.15, 0.2) is 0 Å². The molecule has 13 heavy (non-hydrogen) atoms. The van der Waals surface area contributed by atoms with Crippen LogP contribution in [0.5, 0.6) is 0 Å². The maximum atomic E-state index is 12.3. The second-order valence-electron chi connectivity index (χ2n) is 3.68. The highest BCUT2D eigenvalue weighted by Crippen LogP contribution is 2.24. The topological polar surface area (TPSA) is 12.0 Å². The molecule has 1 N–H and O–H groups in total. The summed E-state index contributed by atoms with van der Waals surface area (Å²) in [6.07, 6.45) is -3.23. The first kappa shape index (κ1) is 12.8.